The van der Waals surface area contributed by atoms with E-state index in [9.17, 15) is 4.79 Å². The first kappa shape index (κ1) is 12.6. The Balaban J connectivity index is 1.86. The van der Waals surface area contributed by atoms with Gasteiger partial charge in [-0.1, -0.05) is 18.2 Å². The lowest BCUT2D eigenvalue weighted by Crippen LogP contribution is -2.26. The third-order valence-corrected chi connectivity index (χ3v) is 4.54. The van der Waals surface area contributed by atoms with Crippen molar-refractivity contribution in [2.45, 2.75) is 19.4 Å². The molecule has 4 aromatic rings. The predicted octanol–water partition coefficient (Wildman–Crippen LogP) is 2.89. The van der Waals surface area contributed by atoms with Gasteiger partial charge in [-0.15, -0.1) is 0 Å². The Kier molecular flexibility index (Phi) is 2.47. The lowest BCUT2D eigenvalue weighted by molar-refractivity contribution is 0.616. The molecule has 3 aromatic heterocycles. The lowest BCUT2D eigenvalue weighted by Gasteiger charge is -2.19. The number of hydrogen-bond donors (Lipinski definition) is 1. The number of imidazole rings is 1. The molecule has 0 amide bonds. The summed E-state index contributed by atoms with van der Waals surface area (Å²) in [5.41, 5.74) is 4.42. The van der Waals surface area contributed by atoms with Crippen LogP contribution < -0.4 is 5.56 Å². The fraction of sp³-hybridized carbons (Fsp3) is 0.167. The Morgan fingerprint density at radius 2 is 2.13 bits per heavy atom. The Labute approximate surface area is 131 Å². The molecule has 1 N–H and O–H groups in total. The zero-order valence-corrected chi connectivity index (χ0v) is 12.4. The van der Waals surface area contributed by atoms with Crippen LogP contribution >= 0.6 is 0 Å². The topological polar surface area (TPSA) is 63.6 Å². The molecule has 0 spiro atoms. The van der Waals surface area contributed by atoms with Crippen LogP contribution in [0.5, 0.6) is 0 Å². The van der Waals surface area contributed by atoms with Crippen molar-refractivity contribution in [1.82, 2.24) is 19.5 Å². The molecule has 5 heteroatoms. The molecule has 112 valence electrons. The standard InChI is InChI=1S/C18H14N4O/c23-18-13(16-20-14-7-2-8-19-17(14)21-16)10-12-5-1-4-11-6-3-9-22(18)15(11)12/h1-2,4-5,7-8,10H,3,6,9H2,(H,19,20,21). The molecule has 0 bridgehead atoms. The number of aromatic nitrogens is 4. The fourth-order valence-corrected chi connectivity index (χ4v) is 3.51. The summed E-state index contributed by atoms with van der Waals surface area (Å²) in [5.74, 6) is 0.588. The first-order valence-electron chi connectivity index (χ1n) is 7.78. The average molecular weight is 302 g/mol. The summed E-state index contributed by atoms with van der Waals surface area (Å²) in [5, 5.41) is 1.09. The highest BCUT2D eigenvalue weighted by Crippen LogP contribution is 2.26. The molecule has 0 radical (unpaired) electrons. The summed E-state index contributed by atoms with van der Waals surface area (Å²) >= 11 is 0. The van der Waals surface area contributed by atoms with Crippen LogP contribution in [0.25, 0.3) is 33.5 Å². The van der Waals surface area contributed by atoms with Gasteiger partial charge in [-0.05, 0) is 42.0 Å². The Morgan fingerprint density at radius 1 is 1.17 bits per heavy atom. The minimum Gasteiger partial charge on any atom is -0.336 e. The van der Waals surface area contributed by atoms with Gasteiger partial charge in [-0.2, -0.15) is 0 Å². The highest BCUT2D eigenvalue weighted by Gasteiger charge is 2.18. The van der Waals surface area contributed by atoms with E-state index in [1.807, 2.05) is 22.8 Å². The first-order chi connectivity index (χ1) is 11.3. The largest absolute Gasteiger partial charge is 0.336 e. The van der Waals surface area contributed by atoms with E-state index < -0.39 is 0 Å². The molecule has 0 aliphatic carbocycles. The molecule has 23 heavy (non-hydrogen) atoms. The molecule has 1 aromatic carbocycles. The van der Waals surface area contributed by atoms with E-state index in [-0.39, 0.29) is 5.56 Å². The van der Waals surface area contributed by atoms with Gasteiger partial charge >= 0.3 is 0 Å². The zero-order valence-electron chi connectivity index (χ0n) is 12.4. The van der Waals surface area contributed by atoms with Crippen LogP contribution in [0.15, 0.2) is 47.4 Å². The number of H-pyrrole nitrogens is 1. The van der Waals surface area contributed by atoms with Crippen molar-refractivity contribution in [1.29, 1.82) is 0 Å². The SMILES string of the molecule is O=c1c(-c2nc3ncccc3[nH]2)cc2cccc3c2n1CCC3. The molecule has 4 heterocycles. The minimum absolute atomic E-state index is 0.0173. The van der Waals surface area contributed by atoms with Gasteiger partial charge in [-0.25, -0.2) is 9.97 Å². The summed E-state index contributed by atoms with van der Waals surface area (Å²) in [7, 11) is 0. The number of fused-ring (bicyclic) bond motifs is 1. The van der Waals surface area contributed by atoms with Crippen molar-refractivity contribution in [2.24, 2.45) is 0 Å². The number of hydrogen-bond acceptors (Lipinski definition) is 3. The van der Waals surface area contributed by atoms with Crippen LogP contribution in [0, 0.1) is 0 Å². The van der Waals surface area contributed by atoms with E-state index >= 15 is 0 Å². The average Bonchev–Trinajstić information content (AvgIpc) is 3.02. The Morgan fingerprint density at radius 3 is 3.04 bits per heavy atom. The second kappa shape index (κ2) is 4.52. The highest BCUT2D eigenvalue weighted by atomic mass is 16.1. The Hall–Kier alpha value is -2.95. The maximum Gasteiger partial charge on any atom is 0.262 e. The molecular weight excluding hydrogens is 288 g/mol. The van der Waals surface area contributed by atoms with Gasteiger partial charge in [0.1, 0.15) is 5.82 Å². The summed E-state index contributed by atoms with van der Waals surface area (Å²) < 4.78 is 1.89. The van der Waals surface area contributed by atoms with E-state index in [0.717, 1.165) is 35.8 Å². The number of para-hydroxylation sites is 1. The van der Waals surface area contributed by atoms with Gasteiger partial charge in [-0.3, -0.25) is 4.79 Å². The van der Waals surface area contributed by atoms with Crippen molar-refractivity contribution in [3.8, 4) is 11.4 Å². The van der Waals surface area contributed by atoms with Crippen LogP contribution in [0.4, 0.5) is 0 Å². The van der Waals surface area contributed by atoms with Crippen molar-refractivity contribution in [3.05, 3.63) is 58.5 Å². The van der Waals surface area contributed by atoms with Crippen molar-refractivity contribution >= 4 is 22.1 Å². The van der Waals surface area contributed by atoms with Crippen molar-refractivity contribution in [2.75, 3.05) is 0 Å². The molecular formula is C18H14N4O. The van der Waals surface area contributed by atoms with Crippen LogP contribution in [0.2, 0.25) is 0 Å². The van der Waals surface area contributed by atoms with Gasteiger partial charge in [0, 0.05) is 12.7 Å². The molecule has 5 nitrogen and oxygen atoms in total. The van der Waals surface area contributed by atoms with Gasteiger partial charge < -0.3 is 9.55 Å². The summed E-state index contributed by atoms with van der Waals surface area (Å²) in [6.45, 7) is 0.763. The number of nitrogens with zero attached hydrogens (tertiary/aromatic N) is 3. The monoisotopic (exact) mass is 302 g/mol. The van der Waals surface area contributed by atoms with E-state index in [0.29, 0.717) is 17.0 Å². The third-order valence-electron chi connectivity index (χ3n) is 4.54. The lowest BCUT2D eigenvalue weighted by atomic mass is 10.00. The number of rotatable bonds is 1. The zero-order chi connectivity index (χ0) is 15.4. The summed E-state index contributed by atoms with van der Waals surface area (Å²) in [6.07, 6.45) is 3.73. The number of nitrogens with one attached hydrogen (secondary N) is 1. The van der Waals surface area contributed by atoms with Crippen molar-refractivity contribution in [3.63, 3.8) is 0 Å². The number of aromatic amines is 1. The maximum absolute atomic E-state index is 13.0. The summed E-state index contributed by atoms with van der Waals surface area (Å²) in [6, 6.07) is 11.9. The quantitative estimate of drug-likeness (QED) is 0.588. The fourth-order valence-electron chi connectivity index (χ4n) is 3.51. The van der Waals surface area contributed by atoms with Gasteiger partial charge in [0.25, 0.3) is 5.56 Å². The molecule has 1 aliphatic rings. The molecule has 0 saturated carbocycles. The third kappa shape index (κ3) is 1.76. The molecule has 0 fully saturated rings. The molecule has 5 rings (SSSR count). The Bertz CT molecular complexity index is 1090. The molecule has 0 atom stereocenters. The predicted molar refractivity (Wildman–Crippen MR) is 89.4 cm³/mol. The summed E-state index contributed by atoms with van der Waals surface area (Å²) in [4.78, 5) is 24.9. The highest BCUT2D eigenvalue weighted by molar-refractivity contribution is 5.87. The smallest absolute Gasteiger partial charge is 0.262 e. The van der Waals surface area contributed by atoms with E-state index in [1.165, 1.54) is 5.56 Å². The maximum atomic E-state index is 13.0. The second-order valence-corrected chi connectivity index (χ2v) is 5.93. The number of aryl methyl sites for hydroxylation is 2. The van der Waals surface area contributed by atoms with Crippen LogP contribution in [0.3, 0.4) is 0 Å². The number of pyridine rings is 2. The van der Waals surface area contributed by atoms with Crippen LogP contribution in [-0.4, -0.2) is 19.5 Å². The first-order valence-corrected chi connectivity index (χ1v) is 7.78. The number of benzene rings is 1. The molecule has 0 saturated heterocycles. The van der Waals surface area contributed by atoms with E-state index in [1.54, 1.807) is 6.20 Å². The van der Waals surface area contributed by atoms with Gasteiger partial charge in [0.15, 0.2) is 5.65 Å². The molecule has 1 aliphatic heterocycles. The van der Waals surface area contributed by atoms with E-state index in [2.05, 4.69) is 33.2 Å². The van der Waals surface area contributed by atoms with E-state index in [4.69, 9.17) is 0 Å². The molecule has 0 unspecified atom stereocenters. The van der Waals surface area contributed by atoms with Crippen LogP contribution in [0.1, 0.15) is 12.0 Å². The van der Waals surface area contributed by atoms with Gasteiger partial charge in [0.05, 0.1) is 16.6 Å². The minimum atomic E-state index is 0.0173. The van der Waals surface area contributed by atoms with Crippen molar-refractivity contribution < 1.29 is 0 Å². The van der Waals surface area contributed by atoms with Crippen LogP contribution in [-0.2, 0) is 13.0 Å². The normalized spacial score (nSPS) is 13.7. The van der Waals surface area contributed by atoms with Gasteiger partial charge in [0.2, 0.25) is 0 Å². The second-order valence-electron chi connectivity index (χ2n) is 5.93.